The Bertz CT molecular complexity index is 629. The van der Waals surface area contributed by atoms with Gasteiger partial charge in [-0.05, 0) is 24.1 Å². The van der Waals surface area contributed by atoms with E-state index < -0.39 is 16.8 Å². The third-order valence-corrected chi connectivity index (χ3v) is 3.30. The molecule has 1 N–H and O–H groups in total. The SMILES string of the molecule is C=CCCOCC(=O)N(C)c1cc(CC[N+](=O)[O-])ccc1C(=O)O. The number of carboxylic acids is 1. The lowest BCUT2D eigenvalue weighted by Gasteiger charge is -2.20. The number of hydrogen-bond acceptors (Lipinski definition) is 5. The zero-order valence-corrected chi connectivity index (χ0v) is 13.4. The molecule has 0 aromatic heterocycles. The molecule has 130 valence electrons. The smallest absolute Gasteiger partial charge is 0.337 e. The highest BCUT2D eigenvalue weighted by Gasteiger charge is 2.19. The lowest BCUT2D eigenvalue weighted by atomic mass is 10.1. The molecule has 24 heavy (non-hydrogen) atoms. The van der Waals surface area contributed by atoms with Gasteiger partial charge in [-0.1, -0.05) is 12.1 Å². The minimum Gasteiger partial charge on any atom is -0.478 e. The molecular weight excluding hydrogens is 316 g/mol. The number of carboxylic acid groups (broad SMARTS) is 1. The maximum Gasteiger partial charge on any atom is 0.337 e. The Morgan fingerprint density at radius 1 is 1.46 bits per heavy atom. The minimum atomic E-state index is -1.18. The van der Waals surface area contributed by atoms with E-state index in [4.69, 9.17) is 4.74 Å². The average Bonchev–Trinajstić information content (AvgIpc) is 2.55. The van der Waals surface area contributed by atoms with Gasteiger partial charge in [0, 0.05) is 18.4 Å². The molecule has 0 aliphatic heterocycles. The number of carbonyl (C=O) groups excluding carboxylic acids is 1. The standard InChI is InChI=1S/C16H20N2O6/c1-3-4-9-24-11-15(19)17(2)14-10-12(7-8-18(22)23)5-6-13(14)16(20)21/h3,5-6,10H,1,4,7-9,11H2,2H3,(H,20,21). The molecule has 8 heteroatoms. The normalized spacial score (nSPS) is 10.2. The van der Waals surface area contributed by atoms with Gasteiger partial charge in [0.1, 0.15) is 6.61 Å². The molecule has 0 saturated carbocycles. The highest BCUT2D eigenvalue weighted by atomic mass is 16.6. The summed E-state index contributed by atoms with van der Waals surface area (Å²) in [6.07, 6.45) is 2.42. The number of carbonyl (C=O) groups is 2. The lowest BCUT2D eigenvalue weighted by Crippen LogP contribution is -2.31. The van der Waals surface area contributed by atoms with Gasteiger partial charge in [0.25, 0.3) is 5.91 Å². The molecule has 1 aromatic carbocycles. The summed E-state index contributed by atoms with van der Waals surface area (Å²) in [5.41, 5.74) is 0.710. The van der Waals surface area contributed by atoms with Crippen LogP contribution < -0.4 is 4.90 Å². The number of amides is 1. The first-order chi connectivity index (χ1) is 11.4. The van der Waals surface area contributed by atoms with Gasteiger partial charge in [-0.15, -0.1) is 6.58 Å². The Labute approximate surface area is 139 Å². The van der Waals surface area contributed by atoms with Crippen LogP contribution in [0, 0.1) is 10.1 Å². The molecule has 0 atom stereocenters. The Balaban J connectivity index is 2.93. The van der Waals surface area contributed by atoms with Crippen molar-refractivity contribution in [1.82, 2.24) is 0 Å². The zero-order chi connectivity index (χ0) is 18.1. The molecule has 0 radical (unpaired) electrons. The number of ether oxygens (including phenoxy) is 1. The largest absolute Gasteiger partial charge is 0.478 e. The van der Waals surface area contributed by atoms with E-state index in [0.29, 0.717) is 18.6 Å². The van der Waals surface area contributed by atoms with Crippen molar-refractivity contribution in [2.45, 2.75) is 12.8 Å². The van der Waals surface area contributed by atoms with Crippen molar-refractivity contribution in [3.05, 3.63) is 52.1 Å². The molecule has 0 spiro atoms. The van der Waals surface area contributed by atoms with Crippen LogP contribution >= 0.6 is 0 Å². The van der Waals surface area contributed by atoms with Crippen molar-refractivity contribution in [1.29, 1.82) is 0 Å². The van der Waals surface area contributed by atoms with Crippen molar-refractivity contribution in [2.75, 3.05) is 31.7 Å². The summed E-state index contributed by atoms with van der Waals surface area (Å²) in [5.74, 6) is -1.59. The maximum atomic E-state index is 12.1. The molecule has 0 unspecified atom stereocenters. The number of aromatic carboxylic acids is 1. The first-order valence-electron chi connectivity index (χ1n) is 7.30. The Hall–Kier alpha value is -2.74. The third kappa shape index (κ3) is 5.81. The molecule has 0 bridgehead atoms. The van der Waals surface area contributed by atoms with E-state index in [-0.39, 0.29) is 30.8 Å². The molecule has 0 aliphatic carbocycles. The van der Waals surface area contributed by atoms with E-state index in [9.17, 15) is 24.8 Å². The molecule has 1 rings (SSSR count). The second kappa shape index (κ2) is 9.41. The highest BCUT2D eigenvalue weighted by molar-refractivity contribution is 6.02. The van der Waals surface area contributed by atoms with Crippen molar-refractivity contribution in [2.24, 2.45) is 0 Å². The quantitative estimate of drug-likeness (QED) is 0.302. The highest BCUT2D eigenvalue weighted by Crippen LogP contribution is 2.22. The second-order valence-electron chi connectivity index (χ2n) is 5.05. The first kappa shape index (κ1) is 19.3. The summed E-state index contributed by atoms with van der Waals surface area (Å²) < 4.78 is 5.19. The average molecular weight is 336 g/mol. The van der Waals surface area contributed by atoms with E-state index >= 15 is 0 Å². The fourth-order valence-corrected chi connectivity index (χ4v) is 1.97. The van der Waals surface area contributed by atoms with Gasteiger partial charge >= 0.3 is 5.97 Å². The predicted molar refractivity (Wildman–Crippen MR) is 88.0 cm³/mol. The van der Waals surface area contributed by atoms with Crippen molar-refractivity contribution >= 4 is 17.6 Å². The second-order valence-corrected chi connectivity index (χ2v) is 5.05. The van der Waals surface area contributed by atoms with Gasteiger partial charge < -0.3 is 14.7 Å². The first-order valence-corrected chi connectivity index (χ1v) is 7.30. The Kier molecular flexibility index (Phi) is 7.57. The number of rotatable bonds is 10. The summed E-state index contributed by atoms with van der Waals surface area (Å²) in [4.78, 5) is 34.7. The molecule has 0 saturated heterocycles. The zero-order valence-electron chi connectivity index (χ0n) is 13.4. The van der Waals surface area contributed by atoms with Crippen LogP contribution in [0.5, 0.6) is 0 Å². The van der Waals surface area contributed by atoms with E-state index in [0.717, 1.165) is 0 Å². The number of nitrogens with zero attached hydrogens (tertiary/aromatic N) is 2. The number of hydrogen-bond donors (Lipinski definition) is 1. The van der Waals surface area contributed by atoms with Crippen molar-refractivity contribution in [3.63, 3.8) is 0 Å². The minimum absolute atomic E-state index is 0.0539. The van der Waals surface area contributed by atoms with Gasteiger partial charge in [0.05, 0.1) is 17.9 Å². The maximum absolute atomic E-state index is 12.1. The van der Waals surface area contributed by atoms with Crippen LogP contribution in [-0.4, -0.2) is 48.7 Å². The fraction of sp³-hybridized carbons (Fsp3) is 0.375. The lowest BCUT2D eigenvalue weighted by molar-refractivity contribution is -0.479. The summed E-state index contributed by atoms with van der Waals surface area (Å²) in [7, 11) is 1.44. The van der Waals surface area contributed by atoms with E-state index in [1.54, 1.807) is 6.08 Å². The van der Waals surface area contributed by atoms with Crippen LogP contribution in [-0.2, 0) is 16.0 Å². The molecular formula is C16H20N2O6. The van der Waals surface area contributed by atoms with Gasteiger partial charge in [0.2, 0.25) is 6.54 Å². The van der Waals surface area contributed by atoms with Gasteiger partial charge in [-0.25, -0.2) is 4.79 Å². The number of nitro groups is 1. The van der Waals surface area contributed by atoms with Crippen LogP contribution in [0.3, 0.4) is 0 Å². The Morgan fingerprint density at radius 3 is 2.75 bits per heavy atom. The van der Waals surface area contributed by atoms with Crippen molar-refractivity contribution < 1.29 is 24.4 Å². The molecule has 0 heterocycles. The van der Waals surface area contributed by atoms with Crippen LogP contribution in [0.4, 0.5) is 5.69 Å². The molecule has 0 fully saturated rings. The van der Waals surface area contributed by atoms with Crippen LogP contribution in [0.25, 0.3) is 0 Å². The van der Waals surface area contributed by atoms with Crippen LogP contribution in [0.2, 0.25) is 0 Å². The van der Waals surface area contributed by atoms with E-state index in [1.165, 1.54) is 30.1 Å². The summed E-state index contributed by atoms with van der Waals surface area (Å²) in [5, 5.41) is 19.7. The van der Waals surface area contributed by atoms with Gasteiger partial charge in [-0.2, -0.15) is 0 Å². The molecule has 0 aliphatic rings. The van der Waals surface area contributed by atoms with E-state index in [2.05, 4.69) is 6.58 Å². The number of anilines is 1. The predicted octanol–water partition coefficient (Wildman–Crippen LogP) is 1.76. The van der Waals surface area contributed by atoms with Crippen LogP contribution in [0.15, 0.2) is 30.9 Å². The van der Waals surface area contributed by atoms with Gasteiger partial charge in [-0.3, -0.25) is 14.9 Å². The number of benzene rings is 1. The molecule has 8 nitrogen and oxygen atoms in total. The summed E-state index contributed by atoms with van der Waals surface area (Å²) in [6.45, 7) is 3.43. The molecule has 1 aromatic rings. The van der Waals surface area contributed by atoms with Crippen LogP contribution in [0.1, 0.15) is 22.3 Å². The fourth-order valence-electron chi connectivity index (χ4n) is 1.97. The van der Waals surface area contributed by atoms with Gasteiger partial charge in [0.15, 0.2) is 0 Å². The number of likely N-dealkylation sites (N-methyl/N-ethyl adjacent to an activating group) is 1. The summed E-state index contributed by atoms with van der Waals surface area (Å²) in [6, 6.07) is 4.33. The Morgan fingerprint density at radius 2 is 2.17 bits per heavy atom. The van der Waals surface area contributed by atoms with Crippen molar-refractivity contribution in [3.8, 4) is 0 Å². The molecule has 1 amide bonds. The summed E-state index contributed by atoms with van der Waals surface area (Å²) >= 11 is 0. The monoisotopic (exact) mass is 336 g/mol. The third-order valence-electron chi connectivity index (χ3n) is 3.30. The van der Waals surface area contributed by atoms with E-state index in [1.807, 2.05) is 0 Å². The topological polar surface area (TPSA) is 110 Å².